The van der Waals surface area contributed by atoms with Crippen LogP contribution in [0.5, 0.6) is 0 Å². The third kappa shape index (κ3) is 5.02. The van der Waals surface area contributed by atoms with E-state index in [0.717, 1.165) is 27.9 Å². The number of rotatable bonds is 6. The summed E-state index contributed by atoms with van der Waals surface area (Å²) in [5.41, 5.74) is 6.05. The van der Waals surface area contributed by atoms with Gasteiger partial charge < -0.3 is 5.32 Å². The van der Waals surface area contributed by atoms with Crippen LogP contribution in [0.2, 0.25) is 0 Å². The van der Waals surface area contributed by atoms with Gasteiger partial charge in [0.2, 0.25) is 11.1 Å². The summed E-state index contributed by atoms with van der Waals surface area (Å²) in [6.07, 6.45) is 0. The molecular weight excluding hydrogens is 438 g/mol. The van der Waals surface area contributed by atoms with Crippen LogP contribution < -0.4 is 5.32 Å². The summed E-state index contributed by atoms with van der Waals surface area (Å²) < 4.78 is 0. The number of aromatic nitrogens is 3. The predicted octanol–water partition coefficient (Wildman–Crippen LogP) is 5.49. The molecule has 4 rings (SSSR count). The number of carbonyl (C=O) groups is 1. The van der Waals surface area contributed by atoms with E-state index >= 15 is 0 Å². The van der Waals surface area contributed by atoms with Crippen molar-refractivity contribution in [1.29, 1.82) is 5.26 Å². The first-order valence-corrected chi connectivity index (χ1v) is 11.7. The normalized spacial score (nSPS) is 10.5. The highest BCUT2D eigenvalue weighted by atomic mass is 32.2. The number of thiophene rings is 1. The van der Waals surface area contributed by atoms with Gasteiger partial charge in [0, 0.05) is 11.1 Å². The van der Waals surface area contributed by atoms with E-state index in [-0.39, 0.29) is 11.7 Å². The van der Waals surface area contributed by atoms with Crippen molar-refractivity contribution in [3.63, 3.8) is 0 Å². The number of benzene rings is 2. The van der Waals surface area contributed by atoms with Crippen molar-refractivity contribution in [3.8, 4) is 28.6 Å². The summed E-state index contributed by atoms with van der Waals surface area (Å²) in [7, 11) is 0. The van der Waals surface area contributed by atoms with Crippen molar-refractivity contribution in [2.75, 3.05) is 11.1 Å². The summed E-state index contributed by atoms with van der Waals surface area (Å²) in [4.78, 5) is 17.1. The molecule has 4 aromatic rings. The Hall–Kier alpha value is -3.54. The van der Waals surface area contributed by atoms with Gasteiger partial charge in [-0.25, -0.2) is 4.98 Å². The minimum Gasteiger partial charge on any atom is -0.316 e. The molecule has 0 aliphatic heterocycles. The third-order valence-corrected chi connectivity index (χ3v) is 6.36. The molecular formula is C24H19N5OS2. The van der Waals surface area contributed by atoms with Crippen LogP contribution in [0.4, 0.5) is 5.00 Å². The molecule has 0 saturated heterocycles. The van der Waals surface area contributed by atoms with E-state index in [1.54, 1.807) is 11.4 Å². The number of hydrogen-bond acceptors (Lipinski definition) is 7. The molecule has 8 heteroatoms. The highest BCUT2D eigenvalue weighted by Crippen LogP contribution is 2.30. The molecule has 0 aliphatic rings. The Balaban J connectivity index is 1.59. The molecule has 158 valence electrons. The van der Waals surface area contributed by atoms with Crippen molar-refractivity contribution in [2.45, 2.75) is 19.0 Å². The lowest BCUT2D eigenvalue weighted by molar-refractivity contribution is -0.113. The zero-order chi connectivity index (χ0) is 22.5. The molecule has 32 heavy (non-hydrogen) atoms. The van der Waals surface area contributed by atoms with Crippen LogP contribution in [0.1, 0.15) is 16.7 Å². The number of nitrogens with one attached hydrogen (secondary N) is 1. The fourth-order valence-corrected chi connectivity index (χ4v) is 4.32. The number of carbonyl (C=O) groups excluding carboxylic acids is 1. The Morgan fingerprint density at radius 3 is 2.22 bits per heavy atom. The Bertz CT molecular complexity index is 1290. The van der Waals surface area contributed by atoms with Gasteiger partial charge in [-0.1, -0.05) is 71.4 Å². The van der Waals surface area contributed by atoms with Gasteiger partial charge in [0.25, 0.3) is 0 Å². The number of anilines is 1. The van der Waals surface area contributed by atoms with Crippen molar-refractivity contribution >= 4 is 34.0 Å². The van der Waals surface area contributed by atoms with E-state index in [4.69, 9.17) is 10.2 Å². The molecule has 0 atom stereocenters. The Labute approximate surface area is 194 Å². The van der Waals surface area contributed by atoms with Gasteiger partial charge in [0.05, 0.1) is 11.3 Å². The summed E-state index contributed by atoms with van der Waals surface area (Å²) in [5, 5.41) is 23.3. The van der Waals surface area contributed by atoms with Gasteiger partial charge in [-0.15, -0.1) is 21.5 Å². The monoisotopic (exact) mass is 457 g/mol. The van der Waals surface area contributed by atoms with Crippen LogP contribution >= 0.6 is 23.1 Å². The van der Waals surface area contributed by atoms with E-state index < -0.39 is 0 Å². The second-order valence-electron chi connectivity index (χ2n) is 7.14. The first-order chi connectivity index (χ1) is 15.5. The van der Waals surface area contributed by atoms with E-state index in [1.807, 2.05) is 62.4 Å². The van der Waals surface area contributed by atoms with Crippen molar-refractivity contribution in [3.05, 3.63) is 76.7 Å². The predicted molar refractivity (Wildman–Crippen MR) is 129 cm³/mol. The first-order valence-electron chi connectivity index (χ1n) is 9.82. The molecule has 0 aliphatic carbocycles. The van der Waals surface area contributed by atoms with Crippen molar-refractivity contribution in [2.24, 2.45) is 0 Å². The van der Waals surface area contributed by atoms with Gasteiger partial charge in [-0.05, 0) is 25.3 Å². The van der Waals surface area contributed by atoms with Crippen LogP contribution in [-0.2, 0) is 4.79 Å². The van der Waals surface area contributed by atoms with E-state index in [9.17, 15) is 4.79 Å². The fourth-order valence-electron chi connectivity index (χ4n) is 2.98. The zero-order valence-corrected chi connectivity index (χ0v) is 19.1. The molecule has 2 aromatic heterocycles. The van der Waals surface area contributed by atoms with Gasteiger partial charge in [-0.2, -0.15) is 5.26 Å². The number of nitriles is 1. The summed E-state index contributed by atoms with van der Waals surface area (Å²) in [5.74, 6) is -0.112. The van der Waals surface area contributed by atoms with Crippen LogP contribution in [0.3, 0.4) is 0 Å². The van der Waals surface area contributed by atoms with Crippen molar-refractivity contribution in [1.82, 2.24) is 15.2 Å². The average Bonchev–Trinajstić information content (AvgIpc) is 3.26. The second-order valence-corrected chi connectivity index (χ2v) is 8.99. The maximum atomic E-state index is 12.4. The standard InChI is InChI=1S/C24H19N5OS2/c1-15-3-7-17(8-4-15)21-22(18-9-5-16(2)6-10-18)28-29-24(27-21)32-14-20(30)26-23-19(13-25)11-12-31-23/h3-12H,14H2,1-2H3,(H,26,30). The molecule has 0 saturated carbocycles. The highest BCUT2D eigenvalue weighted by molar-refractivity contribution is 7.99. The van der Waals surface area contributed by atoms with Gasteiger partial charge >= 0.3 is 0 Å². The van der Waals surface area contributed by atoms with Gasteiger partial charge in [-0.3, -0.25) is 4.79 Å². The van der Waals surface area contributed by atoms with Crippen LogP contribution in [-0.4, -0.2) is 26.8 Å². The largest absolute Gasteiger partial charge is 0.316 e. The highest BCUT2D eigenvalue weighted by Gasteiger charge is 2.15. The second kappa shape index (κ2) is 9.73. The first kappa shape index (κ1) is 21.7. The topological polar surface area (TPSA) is 91.6 Å². The number of thioether (sulfide) groups is 1. The Kier molecular flexibility index (Phi) is 6.59. The van der Waals surface area contributed by atoms with E-state index in [0.29, 0.717) is 21.4 Å². The minimum atomic E-state index is -0.225. The molecule has 0 spiro atoms. The number of amides is 1. The number of nitrogens with zero attached hydrogens (tertiary/aromatic N) is 4. The maximum Gasteiger partial charge on any atom is 0.235 e. The smallest absolute Gasteiger partial charge is 0.235 e. The molecule has 2 aromatic carbocycles. The summed E-state index contributed by atoms with van der Waals surface area (Å²) in [6, 6.07) is 19.9. The lowest BCUT2D eigenvalue weighted by Crippen LogP contribution is -2.14. The van der Waals surface area contributed by atoms with Crippen molar-refractivity contribution < 1.29 is 4.79 Å². The Morgan fingerprint density at radius 2 is 1.59 bits per heavy atom. The van der Waals surface area contributed by atoms with Crippen LogP contribution in [0.15, 0.2) is 65.1 Å². The van der Waals surface area contributed by atoms with E-state index in [1.165, 1.54) is 23.1 Å². The molecule has 6 nitrogen and oxygen atoms in total. The van der Waals surface area contributed by atoms with Crippen LogP contribution in [0, 0.1) is 25.2 Å². The molecule has 1 amide bonds. The molecule has 0 fully saturated rings. The molecule has 1 N–H and O–H groups in total. The summed E-state index contributed by atoms with van der Waals surface area (Å²) >= 11 is 2.53. The van der Waals surface area contributed by atoms with Gasteiger partial charge in [0.15, 0.2) is 0 Å². The SMILES string of the molecule is Cc1ccc(-c2nnc(SCC(=O)Nc3sccc3C#N)nc2-c2ccc(C)cc2)cc1. The molecule has 2 heterocycles. The maximum absolute atomic E-state index is 12.4. The fraction of sp³-hybridized carbons (Fsp3) is 0.125. The summed E-state index contributed by atoms with van der Waals surface area (Å²) in [6.45, 7) is 4.07. The minimum absolute atomic E-state index is 0.113. The quantitative estimate of drug-likeness (QED) is 0.385. The Morgan fingerprint density at radius 1 is 0.969 bits per heavy atom. The van der Waals surface area contributed by atoms with Crippen LogP contribution in [0.25, 0.3) is 22.5 Å². The average molecular weight is 458 g/mol. The lowest BCUT2D eigenvalue weighted by atomic mass is 10.0. The van der Waals surface area contributed by atoms with E-state index in [2.05, 4.69) is 21.6 Å². The lowest BCUT2D eigenvalue weighted by Gasteiger charge is -2.10. The molecule has 0 bridgehead atoms. The molecule has 0 radical (unpaired) electrons. The number of hydrogen-bond donors (Lipinski definition) is 1. The molecule has 0 unspecified atom stereocenters. The number of aryl methyl sites for hydroxylation is 2. The van der Waals surface area contributed by atoms with Gasteiger partial charge in [0.1, 0.15) is 22.5 Å². The zero-order valence-electron chi connectivity index (χ0n) is 17.5. The third-order valence-electron chi connectivity index (χ3n) is 4.69.